The summed E-state index contributed by atoms with van der Waals surface area (Å²) < 4.78 is 0. The highest BCUT2D eigenvalue weighted by molar-refractivity contribution is 7.99. The highest BCUT2D eigenvalue weighted by atomic mass is 32.2. The first-order valence-corrected chi connectivity index (χ1v) is 14.7. The van der Waals surface area contributed by atoms with Gasteiger partial charge < -0.3 is 9.80 Å². The van der Waals surface area contributed by atoms with Crippen LogP contribution in [0.15, 0.2) is 168 Å². The first-order valence-electron chi connectivity index (χ1n) is 13.9. The topological polar surface area (TPSA) is 6.48 Å². The van der Waals surface area contributed by atoms with Crippen LogP contribution in [-0.4, -0.2) is 0 Å². The number of nitrogens with zero attached hydrogens (tertiary/aromatic N) is 2. The van der Waals surface area contributed by atoms with Gasteiger partial charge in [0, 0.05) is 43.9 Å². The number of benzene rings is 6. The third kappa shape index (κ3) is 6.21. The molecule has 6 aromatic rings. The Balaban J connectivity index is 1.24. The van der Waals surface area contributed by atoms with Crippen LogP contribution in [0.3, 0.4) is 0 Å². The minimum Gasteiger partial charge on any atom is -0.311 e. The molecule has 0 aliphatic heterocycles. The first kappa shape index (κ1) is 26.5. The predicted octanol–water partition coefficient (Wildman–Crippen LogP) is 11.4. The van der Waals surface area contributed by atoms with Crippen LogP contribution in [0.1, 0.15) is 11.1 Å². The summed E-state index contributed by atoms with van der Waals surface area (Å²) in [5.74, 6) is 0. The maximum atomic E-state index is 2.31. The lowest BCUT2D eigenvalue weighted by Crippen LogP contribution is -2.09. The zero-order valence-corrected chi connectivity index (χ0v) is 24.1. The average molecular weight is 549 g/mol. The molecule has 0 amide bonds. The Bertz CT molecular complexity index is 1590. The number of aryl methyl sites for hydroxylation is 2. The van der Waals surface area contributed by atoms with Crippen molar-refractivity contribution in [2.24, 2.45) is 0 Å². The summed E-state index contributed by atoms with van der Waals surface area (Å²) in [4.78, 5) is 7.01. The van der Waals surface area contributed by atoms with Gasteiger partial charge in [0.05, 0.1) is 0 Å². The van der Waals surface area contributed by atoms with Crippen molar-refractivity contribution in [2.75, 3.05) is 9.80 Å². The Kier molecular flexibility index (Phi) is 7.88. The molecule has 41 heavy (non-hydrogen) atoms. The fourth-order valence-corrected chi connectivity index (χ4v) is 5.72. The SMILES string of the molecule is Cc1ccc(N(c2ccc(C)cc2)c2ccc(Sc3ccc(N(c4ccccc4)c4ccccc4)cc3)cc2)cc1. The number of rotatable bonds is 8. The van der Waals surface area contributed by atoms with Crippen molar-refractivity contribution in [1.29, 1.82) is 0 Å². The van der Waals surface area contributed by atoms with E-state index in [-0.39, 0.29) is 0 Å². The van der Waals surface area contributed by atoms with E-state index in [0.29, 0.717) is 0 Å². The van der Waals surface area contributed by atoms with Gasteiger partial charge in [0.2, 0.25) is 0 Å². The number of anilines is 6. The molecule has 6 aromatic carbocycles. The molecular formula is C38H32N2S. The minimum absolute atomic E-state index is 1.13. The second-order valence-electron chi connectivity index (χ2n) is 10.1. The van der Waals surface area contributed by atoms with Crippen LogP contribution in [0.4, 0.5) is 34.1 Å². The van der Waals surface area contributed by atoms with Crippen LogP contribution in [0.5, 0.6) is 0 Å². The molecule has 2 nitrogen and oxygen atoms in total. The van der Waals surface area contributed by atoms with Crippen LogP contribution in [0.25, 0.3) is 0 Å². The lowest BCUT2D eigenvalue weighted by molar-refractivity contribution is 1.25. The normalized spacial score (nSPS) is 10.8. The summed E-state index contributed by atoms with van der Waals surface area (Å²) in [6.45, 7) is 4.25. The monoisotopic (exact) mass is 548 g/mol. The van der Waals surface area contributed by atoms with Crippen molar-refractivity contribution >= 4 is 45.9 Å². The van der Waals surface area contributed by atoms with E-state index >= 15 is 0 Å². The van der Waals surface area contributed by atoms with Gasteiger partial charge in [-0.3, -0.25) is 0 Å². The van der Waals surface area contributed by atoms with E-state index in [1.54, 1.807) is 11.8 Å². The van der Waals surface area contributed by atoms with Gasteiger partial charge in [0.1, 0.15) is 0 Å². The van der Waals surface area contributed by atoms with Crippen LogP contribution < -0.4 is 9.80 Å². The largest absolute Gasteiger partial charge is 0.311 e. The van der Waals surface area contributed by atoms with Gasteiger partial charge >= 0.3 is 0 Å². The summed E-state index contributed by atoms with van der Waals surface area (Å²) in [5, 5.41) is 0. The van der Waals surface area contributed by atoms with Crippen molar-refractivity contribution < 1.29 is 0 Å². The summed E-state index contributed by atoms with van der Waals surface area (Å²) >= 11 is 1.78. The van der Waals surface area contributed by atoms with Crippen LogP contribution in [0, 0.1) is 13.8 Å². The van der Waals surface area contributed by atoms with E-state index in [4.69, 9.17) is 0 Å². The van der Waals surface area contributed by atoms with Crippen molar-refractivity contribution in [3.8, 4) is 0 Å². The van der Waals surface area contributed by atoms with E-state index in [9.17, 15) is 0 Å². The van der Waals surface area contributed by atoms with Crippen LogP contribution in [-0.2, 0) is 0 Å². The molecule has 0 fully saturated rings. The molecule has 0 saturated carbocycles. The molecule has 0 atom stereocenters. The van der Waals surface area contributed by atoms with Crippen molar-refractivity contribution in [1.82, 2.24) is 0 Å². The van der Waals surface area contributed by atoms with Gasteiger partial charge in [0.25, 0.3) is 0 Å². The maximum Gasteiger partial charge on any atom is 0.0462 e. The van der Waals surface area contributed by atoms with Crippen molar-refractivity contribution in [3.05, 3.63) is 169 Å². The predicted molar refractivity (Wildman–Crippen MR) is 176 cm³/mol. The molecular weight excluding hydrogens is 516 g/mol. The maximum absolute atomic E-state index is 2.31. The van der Waals surface area contributed by atoms with Gasteiger partial charge in [-0.05, 0) is 111 Å². The Labute approximate surface area is 247 Å². The molecule has 0 radical (unpaired) electrons. The molecule has 0 heterocycles. The first-order chi connectivity index (χ1) is 20.1. The Morgan fingerprint density at radius 1 is 0.317 bits per heavy atom. The molecule has 0 aromatic heterocycles. The highest BCUT2D eigenvalue weighted by Crippen LogP contribution is 2.38. The third-order valence-corrected chi connectivity index (χ3v) is 8.05. The summed E-state index contributed by atoms with van der Waals surface area (Å²) in [7, 11) is 0. The smallest absolute Gasteiger partial charge is 0.0462 e. The standard InChI is InChI=1S/C38H32N2S/c1-29-13-17-33(18-14-29)40(34-19-15-30(2)16-20-34)36-23-27-38(28-24-36)41-37-25-21-35(22-26-37)39(31-9-5-3-6-10-31)32-11-7-4-8-12-32/h3-28H,1-2H3. The minimum atomic E-state index is 1.13. The van der Waals surface area contributed by atoms with E-state index in [0.717, 1.165) is 34.1 Å². The summed E-state index contributed by atoms with van der Waals surface area (Å²) in [6.07, 6.45) is 0. The van der Waals surface area contributed by atoms with E-state index in [1.807, 2.05) is 0 Å². The van der Waals surface area contributed by atoms with Crippen LogP contribution in [0.2, 0.25) is 0 Å². The van der Waals surface area contributed by atoms with E-state index < -0.39 is 0 Å². The zero-order chi connectivity index (χ0) is 28.0. The Hall–Kier alpha value is -4.73. The fourth-order valence-electron chi connectivity index (χ4n) is 4.90. The molecule has 0 N–H and O–H groups in total. The summed E-state index contributed by atoms with van der Waals surface area (Å²) in [5.41, 5.74) is 9.36. The fraction of sp³-hybridized carbons (Fsp3) is 0.0526. The second-order valence-corrected chi connectivity index (χ2v) is 11.2. The molecule has 0 spiro atoms. The molecule has 0 unspecified atom stereocenters. The molecule has 6 rings (SSSR count). The zero-order valence-electron chi connectivity index (χ0n) is 23.3. The molecule has 0 bridgehead atoms. The van der Waals surface area contributed by atoms with Gasteiger partial charge in [-0.25, -0.2) is 0 Å². The van der Waals surface area contributed by atoms with Crippen molar-refractivity contribution in [3.63, 3.8) is 0 Å². The van der Waals surface area contributed by atoms with Crippen LogP contribution >= 0.6 is 11.8 Å². The lowest BCUT2D eigenvalue weighted by atomic mass is 10.1. The second kappa shape index (κ2) is 12.2. The van der Waals surface area contributed by atoms with Gasteiger partial charge in [-0.2, -0.15) is 0 Å². The molecule has 0 aliphatic rings. The lowest BCUT2D eigenvalue weighted by Gasteiger charge is -2.26. The number of hydrogen-bond donors (Lipinski definition) is 0. The third-order valence-electron chi connectivity index (χ3n) is 7.04. The Morgan fingerprint density at radius 3 is 0.902 bits per heavy atom. The molecule has 200 valence electrons. The van der Waals surface area contributed by atoms with Crippen molar-refractivity contribution in [2.45, 2.75) is 23.6 Å². The molecule has 0 aliphatic carbocycles. The number of para-hydroxylation sites is 2. The molecule has 0 saturated heterocycles. The summed E-state index contributed by atoms with van der Waals surface area (Å²) in [6, 6.07) is 56.1. The number of hydrogen-bond acceptors (Lipinski definition) is 3. The van der Waals surface area contributed by atoms with E-state index in [1.165, 1.54) is 20.9 Å². The Morgan fingerprint density at radius 2 is 0.585 bits per heavy atom. The molecule has 3 heteroatoms. The van der Waals surface area contributed by atoms with Gasteiger partial charge in [-0.15, -0.1) is 0 Å². The quantitative estimate of drug-likeness (QED) is 0.187. The van der Waals surface area contributed by atoms with E-state index in [2.05, 4.69) is 181 Å². The van der Waals surface area contributed by atoms with Gasteiger partial charge in [-0.1, -0.05) is 83.6 Å². The highest BCUT2D eigenvalue weighted by Gasteiger charge is 2.14. The average Bonchev–Trinajstić information content (AvgIpc) is 3.02. The van der Waals surface area contributed by atoms with Gasteiger partial charge in [0.15, 0.2) is 0 Å².